The fraction of sp³-hybridized carbons (Fsp3) is 1.00. The van der Waals surface area contributed by atoms with Crippen molar-refractivity contribution < 1.29 is 5.11 Å². The van der Waals surface area contributed by atoms with Crippen LogP contribution in [-0.2, 0) is 0 Å². The molecule has 0 spiro atoms. The minimum absolute atomic E-state index is 0.214. The topological polar surface area (TPSA) is 32.3 Å². The number of hydrogen-bond donors (Lipinski definition) is 2. The Labute approximate surface area is 94.5 Å². The van der Waals surface area contributed by atoms with Crippen molar-refractivity contribution >= 4 is 0 Å². The predicted molar refractivity (Wildman–Crippen MR) is 64.9 cm³/mol. The van der Waals surface area contributed by atoms with Crippen LogP contribution in [0.5, 0.6) is 0 Å². The van der Waals surface area contributed by atoms with E-state index >= 15 is 0 Å². The molecule has 0 unspecified atom stereocenters. The number of hydrogen-bond acceptors (Lipinski definition) is 2. The molecule has 0 aromatic carbocycles. The van der Waals surface area contributed by atoms with Crippen LogP contribution in [-0.4, -0.2) is 24.8 Å². The lowest BCUT2D eigenvalue weighted by Gasteiger charge is -2.27. The molecule has 1 saturated carbocycles. The molecular formula is C13H27NO. The van der Waals surface area contributed by atoms with Gasteiger partial charge < -0.3 is 10.4 Å². The molecule has 0 aromatic heterocycles. The van der Waals surface area contributed by atoms with E-state index in [-0.39, 0.29) is 5.41 Å². The second kappa shape index (κ2) is 6.49. The number of aliphatic hydroxyl groups is 1. The van der Waals surface area contributed by atoms with Gasteiger partial charge >= 0.3 is 0 Å². The highest BCUT2D eigenvalue weighted by Gasteiger charge is 2.32. The molecule has 0 aromatic rings. The molecule has 0 bridgehead atoms. The monoisotopic (exact) mass is 213 g/mol. The van der Waals surface area contributed by atoms with Crippen LogP contribution in [0.2, 0.25) is 0 Å². The van der Waals surface area contributed by atoms with E-state index in [0.717, 1.165) is 19.0 Å². The molecule has 1 aliphatic rings. The van der Waals surface area contributed by atoms with E-state index in [2.05, 4.69) is 19.2 Å². The molecule has 2 heteroatoms. The van der Waals surface area contributed by atoms with Gasteiger partial charge in [-0.2, -0.15) is 0 Å². The Morgan fingerprint density at radius 3 is 2.27 bits per heavy atom. The highest BCUT2D eigenvalue weighted by atomic mass is 16.3. The first-order valence-corrected chi connectivity index (χ1v) is 6.58. The maximum Gasteiger partial charge on any atom is 0.0499 e. The molecule has 1 rings (SSSR count). The van der Waals surface area contributed by atoms with Crippen molar-refractivity contribution in [2.24, 2.45) is 11.3 Å². The fourth-order valence-electron chi connectivity index (χ4n) is 2.63. The van der Waals surface area contributed by atoms with Gasteiger partial charge in [-0.25, -0.2) is 0 Å². The highest BCUT2D eigenvalue weighted by molar-refractivity contribution is 4.86. The minimum atomic E-state index is 0.214. The zero-order chi connectivity index (χ0) is 11.1. The number of aliphatic hydroxyl groups excluding tert-OH is 1. The van der Waals surface area contributed by atoms with Crippen LogP contribution in [0.1, 0.15) is 52.4 Å². The summed E-state index contributed by atoms with van der Waals surface area (Å²) in [5, 5.41) is 13.0. The van der Waals surface area contributed by atoms with Gasteiger partial charge in [0.1, 0.15) is 0 Å². The molecule has 2 N–H and O–H groups in total. The molecule has 1 fully saturated rings. The number of rotatable bonds is 7. The van der Waals surface area contributed by atoms with Crippen molar-refractivity contribution in [2.45, 2.75) is 52.4 Å². The zero-order valence-corrected chi connectivity index (χ0v) is 10.4. The fourth-order valence-corrected chi connectivity index (χ4v) is 2.63. The Kier molecular flexibility index (Phi) is 5.62. The molecule has 0 heterocycles. The Morgan fingerprint density at radius 2 is 1.80 bits per heavy atom. The van der Waals surface area contributed by atoms with Gasteiger partial charge in [-0.05, 0) is 25.3 Å². The van der Waals surface area contributed by atoms with Crippen LogP contribution in [0.3, 0.4) is 0 Å². The maximum absolute atomic E-state index is 9.46. The van der Waals surface area contributed by atoms with Gasteiger partial charge in [-0.15, -0.1) is 0 Å². The standard InChI is InChI=1S/C13H27NO/c1-3-12(4-2)9-14-10-13(11-15)7-5-6-8-13/h12,14-15H,3-11H2,1-2H3. The largest absolute Gasteiger partial charge is 0.396 e. The van der Waals surface area contributed by atoms with Gasteiger partial charge in [0.25, 0.3) is 0 Å². The third-order valence-electron chi connectivity index (χ3n) is 4.09. The Balaban J connectivity index is 2.22. The third kappa shape index (κ3) is 3.76. The molecule has 0 radical (unpaired) electrons. The summed E-state index contributed by atoms with van der Waals surface area (Å²) in [5.41, 5.74) is 0.214. The lowest BCUT2D eigenvalue weighted by molar-refractivity contribution is 0.127. The van der Waals surface area contributed by atoms with Gasteiger partial charge in [0.05, 0.1) is 0 Å². The summed E-state index contributed by atoms with van der Waals surface area (Å²) in [6.07, 6.45) is 7.53. The van der Waals surface area contributed by atoms with Crippen molar-refractivity contribution in [1.29, 1.82) is 0 Å². The summed E-state index contributed by atoms with van der Waals surface area (Å²) in [6.45, 7) is 7.01. The summed E-state index contributed by atoms with van der Waals surface area (Å²) in [4.78, 5) is 0. The molecule has 0 amide bonds. The third-order valence-corrected chi connectivity index (χ3v) is 4.09. The second-order valence-corrected chi connectivity index (χ2v) is 5.18. The van der Waals surface area contributed by atoms with Gasteiger partial charge in [0.2, 0.25) is 0 Å². The van der Waals surface area contributed by atoms with Gasteiger partial charge in [0.15, 0.2) is 0 Å². The van der Waals surface area contributed by atoms with E-state index in [4.69, 9.17) is 0 Å². The Bertz CT molecular complexity index is 160. The molecule has 90 valence electrons. The molecule has 2 nitrogen and oxygen atoms in total. The van der Waals surface area contributed by atoms with E-state index < -0.39 is 0 Å². The van der Waals surface area contributed by atoms with E-state index in [0.29, 0.717) is 6.61 Å². The summed E-state index contributed by atoms with van der Waals surface area (Å²) < 4.78 is 0. The molecule has 0 aliphatic heterocycles. The van der Waals surface area contributed by atoms with E-state index in [1.807, 2.05) is 0 Å². The lowest BCUT2D eigenvalue weighted by Crippen LogP contribution is -2.37. The average molecular weight is 213 g/mol. The molecular weight excluding hydrogens is 186 g/mol. The van der Waals surface area contributed by atoms with Crippen LogP contribution in [0, 0.1) is 11.3 Å². The minimum Gasteiger partial charge on any atom is -0.396 e. The summed E-state index contributed by atoms with van der Waals surface area (Å²) >= 11 is 0. The Morgan fingerprint density at radius 1 is 1.20 bits per heavy atom. The van der Waals surface area contributed by atoms with Crippen LogP contribution in [0.4, 0.5) is 0 Å². The quantitative estimate of drug-likeness (QED) is 0.681. The average Bonchev–Trinajstić information content (AvgIpc) is 2.74. The van der Waals surface area contributed by atoms with E-state index in [1.54, 1.807) is 0 Å². The first-order valence-electron chi connectivity index (χ1n) is 6.58. The van der Waals surface area contributed by atoms with Crippen LogP contribution < -0.4 is 5.32 Å². The maximum atomic E-state index is 9.46. The Hall–Kier alpha value is -0.0800. The summed E-state index contributed by atoms with van der Waals surface area (Å²) in [6, 6.07) is 0. The van der Waals surface area contributed by atoms with Gasteiger partial charge in [-0.3, -0.25) is 0 Å². The van der Waals surface area contributed by atoms with Gasteiger partial charge in [-0.1, -0.05) is 39.5 Å². The predicted octanol–water partition coefficient (Wildman–Crippen LogP) is 2.56. The van der Waals surface area contributed by atoms with E-state index in [1.165, 1.54) is 38.5 Å². The van der Waals surface area contributed by atoms with Crippen molar-refractivity contribution in [3.05, 3.63) is 0 Å². The van der Waals surface area contributed by atoms with E-state index in [9.17, 15) is 5.11 Å². The van der Waals surface area contributed by atoms with Crippen LogP contribution in [0.25, 0.3) is 0 Å². The van der Waals surface area contributed by atoms with Crippen molar-refractivity contribution in [2.75, 3.05) is 19.7 Å². The highest BCUT2D eigenvalue weighted by Crippen LogP contribution is 2.36. The summed E-state index contributed by atoms with van der Waals surface area (Å²) in [7, 11) is 0. The number of nitrogens with one attached hydrogen (secondary N) is 1. The lowest BCUT2D eigenvalue weighted by atomic mass is 9.87. The molecule has 0 atom stereocenters. The van der Waals surface area contributed by atoms with Gasteiger partial charge in [0, 0.05) is 18.6 Å². The SMILES string of the molecule is CCC(CC)CNCC1(CO)CCCC1. The molecule has 15 heavy (non-hydrogen) atoms. The van der Waals surface area contributed by atoms with Crippen molar-refractivity contribution in [1.82, 2.24) is 5.32 Å². The first-order chi connectivity index (χ1) is 7.26. The zero-order valence-electron chi connectivity index (χ0n) is 10.4. The smallest absolute Gasteiger partial charge is 0.0499 e. The molecule has 0 saturated heterocycles. The second-order valence-electron chi connectivity index (χ2n) is 5.18. The van der Waals surface area contributed by atoms with Crippen molar-refractivity contribution in [3.63, 3.8) is 0 Å². The van der Waals surface area contributed by atoms with Crippen LogP contribution >= 0.6 is 0 Å². The first kappa shape index (κ1) is 13.0. The summed E-state index contributed by atoms with van der Waals surface area (Å²) in [5.74, 6) is 0.808. The van der Waals surface area contributed by atoms with Crippen LogP contribution in [0.15, 0.2) is 0 Å². The molecule has 1 aliphatic carbocycles. The normalized spacial score (nSPS) is 20.0. The van der Waals surface area contributed by atoms with Crippen molar-refractivity contribution in [3.8, 4) is 0 Å².